The van der Waals surface area contributed by atoms with Crippen LogP contribution in [0, 0.1) is 5.92 Å². The predicted molar refractivity (Wildman–Crippen MR) is 75.4 cm³/mol. The summed E-state index contributed by atoms with van der Waals surface area (Å²) in [6.45, 7) is 6.60. The number of rotatable bonds is 8. The summed E-state index contributed by atoms with van der Waals surface area (Å²) in [5.41, 5.74) is 0. The molecule has 0 aliphatic heterocycles. The number of nitrogens with zero attached hydrogens (tertiary/aromatic N) is 2. The van der Waals surface area contributed by atoms with Gasteiger partial charge in [-0.2, -0.15) is 4.98 Å². The zero-order valence-electron chi connectivity index (χ0n) is 11.2. The normalized spacial score (nSPS) is 10.7. The van der Waals surface area contributed by atoms with E-state index in [-0.39, 0.29) is 0 Å². The minimum atomic E-state index is 0.525. The quantitative estimate of drug-likeness (QED) is 0.713. The third kappa shape index (κ3) is 5.51. The molecule has 1 heterocycles. The highest BCUT2D eigenvalue weighted by atomic mass is 35.5. The lowest BCUT2D eigenvalue weighted by molar-refractivity contribution is 0.110. The number of nitrogens with one attached hydrogen (secondary N) is 2. The molecule has 0 unspecified atom stereocenters. The Morgan fingerprint density at radius 3 is 2.89 bits per heavy atom. The Morgan fingerprint density at radius 2 is 2.22 bits per heavy atom. The summed E-state index contributed by atoms with van der Waals surface area (Å²) in [5.74, 6) is 1.78. The molecule has 0 saturated heterocycles. The van der Waals surface area contributed by atoms with Crippen LogP contribution >= 0.6 is 11.6 Å². The van der Waals surface area contributed by atoms with Crippen LogP contribution in [0.25, 0.3) is 0 Å². The SMILES string of the molecule is CNc1ncc(Cl)c(NCCCOCC(C)C)n1. The van der Waals surface area contributed by atoms with E-state index in [2.05, 4.69) is 34.4 Å². The Balaban J connectivity index is 2.26. The molecule has 0 spiro atoms. The van der Waals surface area contributed by atoms with E-state index in [0.717, 1.165) is 26.2 Å². The summed E-state index contributed by atoms with van der Waals surface area (Å²) >= 11 is 5.99. The Hall–Kier alpha value is -1.07. The molecule has 0 aromatic carbocycles. The number of halogens is 1. The third-order valence-electron chi connectivity index (χ3n) is 2.18. The lowest BCUT2D eigenvalue weighted by Gasteiger charge is -2.09. The molecule has 102 valence electrons. The van der Waals surface area contributed by atoms with Crippen molar-refractivity contribution < 1.29 is 4.74 Å². The monoisotopic (exact) mass is 272 g/mol. The summed E-state index contributed by atoms with van der Waals surface area (Å²) < 4.78 is 5.49. The predicted octanol–water partition coefficient (Wildman–Crippen LogP) is 2.65. The fourth-order valence-electron chi connectivity index (χ4n) is 1.31. The zero-order chi connectivity index (χ0) is 13.4. The van der Waals surface area contributed by atoms with Crippen LogP contribution in [-0.2, 0) is 4.74 Å². The van der Waals surface area contributed by atoms with Gasteiger partial charge in [0.25, 0.3) is 0 Å². The van der Waals surface area contributed by atoms with Gasteiger partial charge in [-0.15, -0.1) is 0 Å². The number of hydrogen-bond donors (Lipinski definition) is 2. The fourth-order valence-corrected chi connectivity index (χ4v) is 1.47. The molecule has 0 saturated carbocycles. The Labute approximate surface area is 113 Å². The van der Waals surface area contributed by atoms with Crippen molar-refractivity contribution in [3.63, 3.8) is 0 Å². The minimum Gasteiger partial charge on any atom is -0.381 e. The van der Waals surface area contributed by atoms with Gasteiger partial charge in [-0.3, -0.25) is 0 Å². The lowest BCUT2D eigenvalue weighted by Crippen LogP contribution is -2.10. The molecule has 5 nitrogen and oxygen atoms in total. The summed E-state index contributed by atoms with van der Waals surface area (Å²) in [6.07, 6.45) is 2.50. The van der Waals surface area contributed by atoms with Crippen LogP contribution in [0.2, 0.25) is 5.02 Å². The first-order valence-corrected chi connectivity index (χ1v) is 6.53. The smallest absolute Gasteiger partial charge is 0.224 e. The second kappa shape index (κ2) is 8.11. The second-order valence-electron chi connectivity index (χ2n) is 4.39. The maximum atomic E-state index is 5.99. The summed E-state index contributed by atoms with van der Waals surface area (Å²) in [6, 6.07) is 0. The van der Waals surface area contributed by atoms with Gasteiger partial charge in [0.2, 0.25) is 5.95 Å². The van der Waals surface area contributed by atoms with E-state index in [4.69, 9.17) is 16.3 Å². The number of ether oxygens (including phenoxy) is 1. The largest absolute Gasteiger partial charge is 0.381 e. The van der Waals surface area contributed by atoms with Gasteiger partial charge >= 0.3 is 0 Å². The van der Waals surface area contributed by atoms with Gasteiger partial charge in [0.05, 0.1) is 6.20 Å². The zero-order valence-corrected chi connectivity index (χ0v) is 11.9. The van der Waals surface area contributed by atoms with E-state index >= 15 is 0 Å². The molecular weight excluding hydrogens is 252 g/mol. The van der Waals surface area contributed by atoms with Crippen molar-refractivity contribution >= 4 is 23.4 Å². The molecule has 0 fully saturated rings. The second-order valence-corrected chi connectivity index (χ2v) is 4.80. The molecule has 6 heteroatoms. The van der Waals surface area contributed by atoms with Gasteiger partial charge in [0.15, 0.2) is 0 Å². The van der Waals surface area contributed by atoms with Crippen LogP contribution in [0.5, 0.6) is 0 Å². The van der Waals surface area contributed by atoms with Crippen molar-refractivity contribution in [1.29, 1.82) is 0 Å². The standard InChI is InChI=1S/C12H21ClN4O/c1-9(2)8-18-6-4-5-15-11-10(13)7-16-12(14-3)17-11/h7,9H,4-6,8H2,1-3H3,(H2,14,15,16,17). The average molecular weight is 273 g/mol. The Bertz CT molecular complexity index is 360. The first kappa shape index (κ1) is 15.0. The molecule has 0 amide bonds. The molecule has 0 aliphatic carbocycles. The van der Waals surface area contributed by atoms with E-state index in [0.29, 0.717) is 22.7 Å². The highest BCUT2D eigenvalue weighted by molar-refractivity contribution is 6.32. The molecule has 0 radical (unpaired) electrons. The molecule has 0 aliphatic rings. The van der Waals surface area contributed by atoms with Crippen molar-refractivity contribution in [2.75, 3.05) is 37.4 Å². The van der Waals surface area contributed by atoms with Crippen LogP contribution in [0.1, 0.15) is 20.3 Å². The van der Waals surface area contributed by atoms with Gasteiger partial charge < -0.3 is 15.4 Å². The molecule has 2 N–H and O–H groups in total. The molecule has 0 atom stereocenters. The van der Waals surface area contributed by atoms with Gasteiger partial charge in [-0.25, -0.2) is 4.98 Å². The van der Waals surface area contributed by atoms with Crippen molar-refractivity contribution in [3.8, 4) is 0 Å². The first-order valence-electron chi connectivity index (χ1n) is 6.15. The van der Waals surface area contributed by atoms with Crippen LogP contribution in [0.4, 0.5) is 11.8 Å². The molecule has 1 aromatic heterocycles. The Kier molecular flexibility index (Phi) is 6.75. The molecule has 1 rings (SSSR count). The van der Waals surface area contributed by atoms with E-state index < -0.39 is 0 Å². The van der Waals surface area contributed by atoms with Crippen LogP contribution in [0.15, 0.2) is 6.20 Å². The van der Waals surface area contributed by atoms with Crippen molar-refractivity contribution in [2.24, 2.45) is 5.92 Å². The number of aromatic nitrogens is 2. The average Bonchev–Trinajstić information content (AvgIpc) is 2.35. The molecule has 18 heavy (non-hydrogen) atoms. The van der Waals surface area contributed by atoms with E-state index in [1.165, 1.54) is 0 Å². The van der Waals surface area contributed by atoms with Crippen molar-refractivity contribution in [2.45, 2.75) is 20.3 Å². The highest BCUT2D eigenvalue weighted by Gasteiger charge is 2.03. The van der Waals surface area contributed by atoms with Crippen molar-refractivity contribution in [3.05, 3.63) is 11.2 Å². The summed E-state index contributed by atoms with van der Waals surface area (Å²) in [4.78, 5) is 8.25. The maximum Gasteiger partial charge on any atom is 0.224 e. The lowest BCUT2D eigenvalue weighted by atomic mass is 10.2. The Morgan fingerprint density at radius 1 is 1.44 bits per heavy atom. The van der Waals surface area contributed by atoms with E-state index in [1.807, 2.05) is 0 Å². The van der Waals surface area contributed by atoms with Gasteiger partial charge in [0, 0.05) is 26.8 Å². The van der Waals surface area contributed by atoms with Crippen LogP contribution in [-0.4, -0.2) is 36.8 Å². The number of hydrogen-bond acceptors (Lipinski definition) is 5. The van der Waals surface area contributed by atoms with Crippen LogP contribution in [0.3, 0.4) is 0 Å². The molecule has 0 bridgehead atoms. The number of anilines is 2. The van der Waals surface area contributed by atoms with E-state index in [9.17, 15) is 0 Å². The summed E-state index contributed by atoms with van der Waals surface area (Å²) in [5, 5.41) is 6.57. The topological polar surface area (TPSA) is 59.1 Å². The first-order chi connectivity index (χ1) is 8.63. The van der Waals surface area contributed by atoms with Gasteiger partial charge in [-0.05, 0) is 12.3 Å². The summed E-state index contributed by atoms with van der Waals surface area (Å²) in [7, 11) is 1.77. The van der Waals surface area contributed by atoms with Crippen LogP contribution < -0.4 is 10.6 Å². The van der Waals surface area contributed by atoms with Crippen molar-refractivity contribution in [1.82, 2.24) is 9.97 Å². The molecule has 1 aromatic rings. The van der Waals surface area contributed by atoms with Gasteiger partial charge in [-0.1, -0.05) is 25.4 Å². The maximum absolute atomic E-state index is 5.99. The molecular formula is C12H21ClN4O. The third-order valence-corrected chi connectivity index (χ3v) is 2.45. The fraction of sp³-hybridized carbons (Fsp3) is 0.667. The minimum absolute atomic E-state index is 0.525. The highest BCUT2D eigenvalue weighted by Crippen LogP contribution is 2.18. The van der Waals surface area contributed by atoms with Gasteiger partial charge in [0.1, 0.15) is 10.8 Å². The van der Waals surface area contributed by atoms with E-state index in [1.54, 1.807) is 13.2 Å².